The SMILES string of the molecule is CC1(C)Oc2ccc(C(F)(F)F)cc2NC1Cn1c(O)ccc1O. The molecule has 1 aliphatic heterocycles. The van der Waals surface area contributed by atoms with Crippen LogP contribution in [-0.2, 0) is 12.7 Å². The fourth-order valence-electron chi connectivity index (χ4n) is 2.71. The molecule has 2 heterocycles. The molecule has 3 N–H and O–H groups in total. The standard InChI is InChI=1S/C16H17F3N2O3/c1-15(2)12(8-21-13(22)5-6-14(21)23)20-10-7-9(16(17,18)19)3-4-11(10)24-15/h3-7,12,20,22-23H,8H2,1-2H3. The van der Waals surface area contributed by atoms with E-state index in [0.717, 1.165) is 12.1 Å². The normalized spacial score (nSPS) is 19.3. The Morgan fingerprint density at radius 3 is 2.38 bits per heavy atom. The van der Waals surface area contributed by atoms with Crippen molar-refractivity contribution in [2.24, 2.45) is 0 Å². The molecule has 0 saturated carbocycles. The van der Waals surface area contributed by atoms with Gasteiger partial charge in [-0.2, -0.15) is 13.2 Å². The number of nitrogens with one attached hydrogen (secondary N) is 1. The number of aromatic nitrogens is 1. The molecule has 0 amide bonds. The average Bonchev–Trinajstić information content (AvgIpc) is 2.77. The van der Waals surface area contributed by atoms with Crippen molar-refractivity contribution in [1.82, 2.24) is 4.57 Å². The number of alkyl halides is 3. The highest BCUT2D eigenvalue weighted by Gasteiger charge is 2.39. The van der Waals surface area contributed by atoms with Crippen LogP contribution in [-0.4, -0.2) is 26.4 Å². The van der Waals surface area contributed by atoms with Gasteiger partial charge in [-0.3, -0.25) is 4.57 Å². The lowest BCUT2D eigenvalue weighted by molar-refractivity contribution is -0.137. The maximum Gasteiger partial charge on any atom is 0.416 e. The summed E-state index contributed by atoms with van der Waals surface area (Å²) in [5, 5.41) is 22.6. The van der Waals surface area contributed by atoms with Gasteiger partial charge < -0.3 is 20.3 Å². The van der Waals surface area contributed by atoms with E-state index in [1.165, 1.54) is 22.8 Å². The number of nitrogens with zero attached hydrogens (tertiary/aromatic N) is 1. The number of benzene rings is 1. The Morgan fingerprint density at radius 1 is 1.17 bits per heavy atom. The van der Waals surface area contributed by atoms with E-state index in [4.69, 9.17) is 4.74 Å². The zero-order valence-corrected chi connectivity index (χ0v) is 13.1. The van der Waals surface area contributed by atoms with Crippen molar-refractivity contribution in [3.63, 3.8) is 0 Å². The topological polar surface area (TPSA) is 66.7 Å². The fraction of sp³-hybridized carbons (Fsp3) is 0.375. The molecule has 24 heavy (non-hydrogen) atoms. The maximum atomic E-state index is 12.9. The van der Waals surface area contributed by atoms with E-state index < -0.39 is 23.4 Å². The molecule has 0 bridgehead atoms. The first-order valence-electron chi connectivity index (χ1n) is 7.32. The summed E-state index contributed by atoms with van der Waals surface area (Å²) >= 11 is 0. The van der Waals surface area contributed by atoms with E-state index in [-0.39, 0.29) is 24.0 Å². The van der Waals surface area contributed by atoms with Crippen LogP contribution in [0, 0.1) is 0 Å². The van der Waals surface area contributed by atoms with Crippen molar-refractivity contribution >= 4 is 5.69 Å². The summed E-state index contributed by atoms with van der Waals surface area (Å²) in [6.45, 7) is 3.68. The Bertz CT molecular complexity index is 749. The molecule has 0 radical (unpaired) electrons. The van der Waals surface area contributed by atoms with Gasteiger partial charge in [0.25, 0.3) is 0 Å². The lowest BCUT2D eigenvalue weighted by Crippen LogP contribution is -2.51. The molecule has 1 aromatic carbocycles. The van der Waals surface area contributed by atoms with Gasteiger partial charge in [0.1, 0.15) is 11.4 Å². The van der Waals surface area contributed by atoms with E-state index >= 15 is 0 Å². The zero-order valence-electron chi connectivity index (χ0n) is 13.1. The molecule has 3 rings (SSSR count). The van der Waals surface area contributed by atoms with Crippen LogP contribution in [0.1, 0.15) is 19.4 Å². The Balaban J connectivity index is 1.93. The average molecular weight is 342 g/mol. The number of anilines is 1. The highest BCUT2D eigenvalue weighted by atomic mass is 19.4. The van der Waals surface area contributed by atoms with E-state index in [9.17, 15) is 23.4 Å². The molecule has 0 aliphatic carbocycles. The van der Waals surface area contributed by atoms with Crippen LogP contribution in [0.5, 0.6) is 17.5 Å². The molecule has 1 aromatic heterocycles. The summed E-state index contributed by atoms with van der Waals surface area (Å²) in [7, 11) is 0. The molecule has 1 atom stereocenters. The molecule has 0 fully saturated rings. The minimum absolute atomic E-state index is 0.118. The number of halogens is 3. The number of hydrogen-bond donors (Lipinski definition) is 3. The number of hydrogen-bond acceptors (Lipinski definition) is 4. The molecule has 8 heteroatoms. The van der Waals surface area contributed by atoms with Gasteiger partial charge in [-0.25, -0.2) is 0 Å². The minimum atomic E-state index is -4.45. The Kier molecular flexibility index (Phi) is 3.58. The van der Waals surface area contributed by atoms with Gasteiger partial charge in [0.05, 0.1) is 23.8 Å². The largest absolute Gasteiger partial charge is 0.494 e. The number of ether oxygens (including phenoxy) is 1. The third-order valence-corrected chi connectivity index (χ3v) is 4.15. The lowest BCUT2D eigenvalue weighted by Gasteiger charge is -2.41. The summed E-state index contributed by atoms with van der Waals surface area (Å²) < 4.78 is 45.7. The fourth-order valence-corrected chi connectivity index (χ4v) is 2.71. The number of aromatic hydroxyl groups is 2. The van der Waals surface area contributed by atoms with E-state index in [1.807, 2.05) is 0 Å². The van der Waals surface area contributed by atoms with Crippen molar-refractivity contribution in [2.45, 2.75) is 38.2 Å². The van der Waals surface area contributed by atoms with Gasteiger partial charge in [-0.05, 0) is 32.0 Å². The van der Waals surface area contributed by atoms with Gasteiger partial charge in [-0.15, -0.1) is 0 Å². The van der Waals surface area contributed by atoms with Crippen molar-refractivity contribution < 1.29 is 28.1 Å². The first kappa shape index (κ1) is 16.4. The van der Waals surface area contributed by atoms with Crippen LogP contribution in [0.3, 0.4) is 0 Å². The van der Waals surface area contributed by atoms with Gasteiger partial charge in [-0.1, -0.05) is 0 Å². The molecule has 0 saturated heterocycles. The molecular weight excluding hydrogens is 325 g/mol. The monoisotopic (exact) mass is 342 g/mol. The van der Waals surface area contributed by atoms with Crippen molar-refractivity contribution in [3.05, 3.63) is 35.9 Å². The predicted molar refractivity (Wildman–Crippen MR) is 81.3 cm³/mol. The molecule has 0 spiro atoms. The summed E-state index contributed by atoms with van der Waals surface area (Å²) in [5.74, 6) is 0.0464. The van der Waals surface area contributed by atoms with Gasteiger partial charge >= 0.3 is 6.18 Å². The highest BCUT2D eigenvalue weighted by molar-refractivity contribution is 5.61. The molecule has 130 valence electrons. The summed E-state index contributed by atoms with van der Waals surface area (Å²) in [6.07, 6.45) is -4.45. The Hall–Kier alpha value is -2.51. The van der Waals surface area contributed by atoms with E-state index in [1.54, 1.807) is 13.8 Å². The quantitative estimate of drug-likeness (QED) is 0.781. The van der Waals surface area contributed by atoms with Crippen LogP contribution in [0.15, 0.2) is 30.3 Å². The van der Waals surface area contributed by atoms with Gasteiger partial charge in [0.15, 0.2) is 11.8 Å². The predicted octanol–water partition coefficient (Wildman–Crippen LogP) is 3.57. The van der Waals surface area contributed by atoms with E-state index in [0.29, 0.717) is 5.75 Å². The second kappa shape index (κ2) is 5.25. The van der Waals surface area contributed by atoms with Crippen LogP contribution in [0.4, 0.5) is 18.9 Å². The smallest absolute Gasteiger partial charge is 0.416 e. The van der Waals surface area contributed by atoms with Gasteiger partial charge in [0.2, 0.25) is 0 Å². The van der Waals surface area contributed by atoms with Crippen LogP contribution in [0.25, 0.3) is 0 Å². The second-order valence-electron chi connectivity index (χ2n) is 6.27. The van der Waals surface area contributed by atoms with Gasteiger partial charge in [0, 0.05) is 12.1 Å². The Morgan fingerprint density at radius 2 is 1.79 bits per heavy atom. The zero-order chi connectivity index (χ0) is 17.7. The summed E-state index contributed by atoms with van der Waals surface area (Å²) in [5.41, 5.74) is -1.32. The van der Waals surface area contributed by atoms with E-state index in [2.05, 4.69) is 5.32 Å². The minimum Gasteiger partial charge on any atom is -0.494 e. The van der Waals surface area contributed by atoms with Crippen LogP contribution >= 0.6 is 0 Å². The Labute approximate surface area is 136 Å². The molecule has 1 unspecified atom stereocenters. The number of fused-ring (bicyclic) bond motifs is 1. The van der Waals surface area contributed by atoms with Crippen molar-refractivity contribution in [2.75, 3.05) is 5.32 Å². The third-order valence-electron chi connectivity index (χ3n) is 4.15. The van der Waals surface area contributed by atoms with Crippen LogP contribution < -0.4 is 10.1 Å². The molecular formula is C16H17F3N2O3. The van der Waals surface area contributed by atoms with Crippen LogP contribution in [0.2, 0.25) is 0 Å². The first-order chi connectivity index (χ1) is 11.1. The second-order valence-corrected chi connectivity index (χ2v) is 6.27. The molecule has 2 aromatic rings. The third kappa shape index (κ3) is 2.83. The number of rotatable bonds is 2. The lowest BCUT2D eigenvalue weighted by atomic mass is 9.95. The molecule has 1 aliphatic rings. The maximum absolute atomic E-state index is 12.9. The van der Waals surface area contributed by atoms with Crippen molar-refractivity contribution in [3.8, 4) is 17.5 Å². The first-order valence-corrected chi connectivity index (χ1v) is 7.32. The van der Waals surface area contributed by atoms with Crippen molar-refractivity contribution in [1.29, 1.82) is 0 Å². The molecule has 5 nitrogen and oxygen atoms in total. The summed E-state index contributed by atoms with van der Waals surface area (Å²) in [6, 6.07) is 5.45. The highest BCUT2D eigenvalue weighted by Crippen LogP contribution is 2.41. The summed E-state index contributed by atoms with van der Waals surface area (Å²) in [4.78, 5) is 0.